The zero-order valence-electron chi connectivity index (χ0n) is 8.51. The van der Waals surface area contributed by atoms with Crippen molar-refractivity contribution in [3.63, 3.8) is 0 Å². The largest absolute Gasteiger partial charge is 0.361 e. The standard InChI is InChI=1S/C13H15N/c1-3-10(2)8-11-9-14-13-7-5-4-6-12(11)13/h4-7,9,14H,2-3,8H2,1H3. The van der Waals surface area contributed by atoms with E-state index in [0.717, 1.165) is 12.8 Å². The van der Waals surface area contributed by atoms with Gasteiger partial charge in [-0.1, -0.05) is 37.3 Å². The summed E-state index contributed by atoms with van der Waals surface area (Å²) in [5, 5.41) is 1.32. The normalized spacial score (nSPS) is 10.6. The van der Waals surface area contributed by atoms with E-state index in [2.05, 4.69) is 48.9 Å². The maximum atomic E-state index is 4.04. The van der Waals surface area contributed by atoms with Gasteiger partial charge in [-0.25, -0.2) is 0 Å². The number of fused-ring (bicyclic) bond motifs is 1. The Bertz CT molecular complexity index is 451. The number of aromatic amines is 1. The monoisotopic (exact) mass is 185 g/mol. The molecule has 1 aromatic heterocycles. The lowest BCUT2D eigenvalue weighted by Gasteiger charge is -2.00. The molecule has 0 aliphatic heterocycles. The highest BCUT2D eigenvalue weighted by Gasteiger charge is 2.02. The lowest BCUT2D eigenvalue weighted by atomic mass is 10.0. The van der Waals surface area contributed by atoms with Crippen molar-refractivity contribution < 1.29 is 0 Å². The van der Waals surface area contributed by atoms with E-state index in [-0.39, 0.29) is 0 Å². The summed E-state index contributed by atoms with van der Waals surface area (Å²) in [5.41, 5.74) is 3.86. The Kier molecular flexibility index (Phi) is 2.40. The first-order valence-corrected chi connectivity index (χ1v) is 5.03. The van der Waals surface area contributed by atoms with E-state index in [1.54, 1.807) is 0 Å². The lowest BCUT2D eigenvalue weighted by Crippen LogP contribution is -1.85. The van der Waals surface area contributed by atoms with Crippen molar-refractivity contribution in [2.24, 2.45) is 0 Å². The Morgan fingerprint density at radius 1 is 1.36 bits per heavy atom. The zero-order valence-corrected chi connectivity index (χ0v) is 8.51. The topological polar surface area (TPSA) is 15.8 Å². The van der Waals surface area contributed by atoms with Crippen molar-refractivity contribution >= 4 is 10.9 Å². The number of para-hydroxylation sites is 1. The van der Waals surface area contributed by atoms with Crippen LogP contribution < -0.4 is 0 Å². The molecule has 2 aromatic rings. The summed E-state index contributed by atoms with van der Waals surface area (Å²) in [6, 6.07) is 8.39. The number of hydrogen-bond donors (Lipinski definition) is 1. The van der Waals surface area contributed by atoms with Crippen molar-refractivity contribution in [2.45, 2.75) is 19.8 Å². The first-order chi connectivity index (χ1) is 6.81. The van der Waals surface area contributed by atoms with Gasteiger partial charge in [-0.3, -0.25) is 0 Å². The molecule has 72 valence electrons. The van der Waals surface area contributed by atoms with E-state index in [0.29, 0.717) is 0 Å². The number of benzene rings is 1. The average molecular weight is 185 g/mol. The first-order valence-electron chi connectivity index (χ1n) is 5.03. The van der Waals surface area contributed by atoms with Crippen LogP contribution in [0.2, 0.25) is 0 Å². The number of hydrogen-bond acceptors (Lipinski definition) is 0. The van der Waals surface area contributed by atoms with Gasteiger partial charge >= 0.3 is 0 Å². The minimum Gasteiger partial charge on any atom is -0.361 e. The van der Waals surface area contributed by atoms with E-state index < -0.39 is 0 Å². The predicted octanol–water partition coefficient (Wildman–Crippen LogP) is 3.68. The molecule has 1 heteroatoms. The van der Waals surface area contributed by atoms with Crippen LogP contribution in [0.15, 0.2) is 42.6 Å². The molecule has 1 heterocycles. The lowest BCUT2D eigenvalue weighted by molar-refractivity contribution is 1.02. The fourth-order valence-electron chi connectivity index (χ4n) is 1.67. The van der Waals surface area contributed by atoms with Crippen molar-refractivity contribution in [1.82, 2.24) is 4.98 Å². The van der Waals surface area contributed by atoms with Gasteiger partial charge in [0.25, 0.3) is 0 Å². The zero-order chi connectivity index (χ0) is 9.97. The molecule has 0 spiro atoms. The quantitative estimate of drug-likeness (QED) is 0.702. The minimum absolute atomic E-state index is 0.987. The van der Waals surface area contributed by atoms with Crippen LogP contribution >= 0.6 is 0 Å². The van der Waals surface area contributed by atoms with Gasteiger partial charge < -0.3 is 4.98 Å². The number of rotatable bonds is 3. The predicted molar refractivity (Wildman–Crippen MR) is 61.4 cm³/mol. The van der Waals surface area contributed by atoms with E-state index >= 15 is 0 Å². The van der Waals surface area contributed by atoms with Gasteiger partial charge in [-0.05, 0) is 24.5 Å². The molecule has 1 aromatic carbocycles. The average Bonchev–Trinajstić information content (AvgIpc) is 2.62. The van der Waals surface area contributed by atoms with E-state index in [1.165, 1.54) is 22.0 Å². The van der Waals surface area contributed by atoms with Crippen molar-refractivity contribution in [1.29, 1.82) is 0 Å². The Morgan fingerprint density at radius 3 is 2.93 bits per heavy atom. The van der Waals surface area contributed by atoms with Crippen LogP contribution in [0.5, 0.6) is 0 Å². The molecular weight excluding hydrogens is 170 g/mol. The second-order valence-electron chi connectivity index (χ2n) is 3.64. The number of allylic oxidation sites excluding steroid dienone is 1. The summed E-state index contributed by atoms with van der Waals surface area (Å²) >= 11 is 0. The summed E-state index contributed by atoms with van der Waals surface area (Å²) in [6.07, 6.45) is 4.13. The Labute approximate surface area is 84.5 Å². The smallest absolute Gasteiger partial charge is 0.0456 e. The third-order valence-corrected chi connectivity index (χ3v) is 2.62. The van der Waals surface area contributed by atoms with Gasteiger partial charge in [-0.2, -0.15) is 0 Å². The summed E-state index contributed by atoms with van der Waals surface area (Å²) in [6.45, 7) is 6.19. The molecular formula is C13H15N. The highest BCUT2D eigenvalue weighted by Crippen LogP contribution is 2.20. The van der Waals surface area contributed by atoms with Crippen molar-refractivity contribution in [3.05, 3.63) is 48.2 Å². The van der Waals surface area contributed by atoms with Crippen LogP contribution in [0.1, 0.15) is 18.9 Å². The summed E-state index contributed by atoms with van der Waals surface area (Å²) < 4.78 is 0. The van der Waals surface area contributed by atoms with Crippen LogP contribution in [-0.2, 0) is 6.42 Å². The molecule has 0 aliphatic rings. The molecule has 1 N–H and O–H groups in total. The SMILES string of the molecule is C=C(CC)Cc1c[nH]c2ccccc12. The molecule has 0 fully saturated rings. The highest BCUT2D eigenvalue weighted by atomic mass is 14.7. The second kappa shape index (κ2) is 3.70. The Morgan fingerprint density at radius 2 is 2.14 bits per heavy atom. The molecule has 0 aliphatic carbocycles. The fourth-order valence-corrected chi connectivity index (χ4v) is 1.67. The third kappa shape index (κ3) is 1.58. The van der Waals surface area contributed by atoms with Gasteiger partial charge in [0.05, 0.1) is 0 Å². The Balaban J connectivity index is 2.38. The Hall–Kier alpha value is -1.50. The molecule has 2 rings (SSSR count). The fraction of sp³-hybridized carbons (Fsp3) is 0.231. The van der Waals surface area contributed by atoms with Gasteiger partial charge in [0.2, 0.25) is 0 Å². The first kappa shape index (κ1) is 9.07. The van der Waals surface area contributed by atoms with Gasteiger partial charge in [0.1, 0.15) is 0 Å². The van der Waals surface area contributed by atoms with Crippen LogP contribution in [0.25, 0.3) is 10.9 Å². The van der Waals surface area contributed by atoms with E-state index in [4.69, 9.17) is 0 Å². The van der Waals surface area contributed by atoms with E-state index in [1.807, 2.05) is 0 Å². The molecule has 0 saturated heterocycles. The van der Waals surface area contributed by atoms with Crippen LogP contribution in [0.3, 0.4) is 0 Å². The summed E-state index contributed by atoms with van der Waals surface area (Å²) in [7, 11) is 0. The van der Waals surface area contributed by atoms with Crippen LogP contribution in [-0.4, -0.2) is 4.98 Å². The summed E-state index contributed by atoms with van der Waals surface area (Å²) in [5.74, 6) is 0. The second-order valence-corrected chi connectivity index (χ2v) is 3.64. The molecule has 1 nitrogen and oxygen atoms in total. The molecule has 14 heavy (non-hydrogen) atoms. The summed E-state index contributed by atoms with van der Waals surface area (Å²) in [4.78, 5) is 3.28. The minimum atomic E-state index is 0.987. The highest BCUT2D eigenvalue weighted by molar-refractivity contribution is 5.83. The molecule has 0 saturated carbocycles. The molecule has 0 amide bonds. The third-order valence-electron chi connectivity index (χ3n) is 2.62. The van der Waals surface area contributed by atoms with Gasteiger partial charge in [0.15, 0.2) is 0 Å². The molecule has 0 bridgehead atoms. The number of nitrogens with one attached hydrogen (secondary N) is 1. The molecule has 0 atom stereocenters. The van der Waals surface area contributed by atoms with Crippen LogP contribution in [0.4, 0.5) is 0 Å². The van der Waals surface area contributed by atoms with Crippen molar-refractivity contribution in [2.75, 3.05) is 0 Å². The molecule has 0 unspecified atom stereocenters. The van der Waals surface area contributed by atoms with Crippen LogP contribution in [0, 0.1) is 0 Å². The molecule has 0 radical (unpaired) electrons. The maximum absolute atomic E-state index is 4.04. The number of H-pyrrole nitrogens is 1. The van der Waals surface area contributed by atoms with Gasteiger partial charge in [-0.15, -0.1) is 0 Å². The maximum Gasteiger partial charge on any atom is 0.0456 e. The van der Waals surface area contributed by atoms with E-state index in [9.17, 15) is 0 Å². The van der Waals surface area contributed by atoms with Gasteiger partial charge in [0, 0.05) is 17.1 Å². The van der Waals surface area contributed by atoms with Crippen molar-refractivity contribution in [3.8, 4) is 0 Å². The number of aromatic nitrogens is 1.